The molecule has 2 aliphatic rings. The Balaban J connectivity index is 1.29. The molecule has 1 aromatic carbocycles. The number of piperazine rings is 1. The molecule has 156 valence electrons. The third-order valence-electron chi connectivity index (χ3n) is 5.79. The fraction of sp³-hybridized carbons (Fsp3) is 0.545. The zero-order valence-corrected chi connectivity index (χ0v) is 17.5. The second-order valence-corrected chi connectivity index (χ2v) is 7.78. The summed E-state index contributed by atoms with van der Waals surface area (Å²) in [6.07, 6.45) is 4.40. The molecule has 2 aliphatic heterocycles. The van der Waals surface area contributed by atoms with E-state index in [4.69, 9.17) is 14.5 Å². The van der Waals surface area contributed by atoms with Gasteiger partial charge < -0.3 is 14.4 Å². The summed E-state index contributed by atoms with van der Waals surface area (Å²) in [5.41, 5.74) is 2.37. The first-order valence-electron chi connectivity index (χ1n) is 10.5. The number of benzene rings is 1. The molecule has 0 unspecified atom stereocenters. The Kier molecular flexibility index (Phi) is 6.46. The number of methoxy groups -OCH3 is 2. The van der Waals surface area contributed by atoms with Crippen LogP contribution in [0.5, 0.6) is 11.5 Å². The van der Waals surface area contributed by atoms with Gasteiger partial charge in [0.2, 0.25) is 5.95 Å². The minimum absolute atomic E-state index is 0.777. The second-order valence-electron chi connectivity index (χ2n) is 7.78. The van der Waals surface area contributed by atoms with Crippen molar-refractivity contribution in [3.8, 4) is 11.5 Å². The SMILES string of the molecule is COc1ccc(CN2CCN(Cc3ccnc(N4CCCC4)n3)CC2)cc1OC. The van der Waals surface area contributed by atoms with Gasteiger partial charge in [-0.25, -0.2) is 9.97 Å². The van der Waals surface area contributed by atoms with Crippen molar-refractivity contribution in [3.05, 3.63) is 41.7 Å². The van der Waals surface area contributed by atoms with Crippen molar-refractivity contribution in [2.45, 2.75) is 25.9 Å². The maximum absolute atomic E-state index is 5.43. The minimum atomic E-state index is 0.777. The first-order valence-corrected chi connectivity index (χ1v) is 10.5. The van der Waals surface area contributed by atoms with E-state index in [0.717, 1.165) is 75.5 Å². The average molecular weight is 398 g/mol. The van der Waals surface area contributed by atoms with Crippen LogP contribution >= 0.6 is 0 Å². The number of nitrogens with zero attached hydrogens (tertiary/aromatic N) is 5. The summed E-state index contributed by atoms with van der Waals surface area (Å²) in [5, 5.41) is 0. The fourth-order valence-corrected chi connectivity index (χ4v) is 4.11. The molecule has 0 N–H and O–H groups in total. The van der Waals surface area contributed by atoms with Crippen LogP contribution in [0.15, 0.2) is 30.5 Å². The average Bonchev–Trinajstić information content (AvgIpc) is 3.30. The highest BCUT2D eigenvalue weighted by atomic mass is 16.5. The molecule has 0 radical (unpaired) electrons. The molecule has 0 aliphatic carbocycles. The summed E-state index contributed by atoms with van der Waals surface area (Å²) in [6, 6.07) is 8.23. The second kappa shape index (κ2) is 9.41. The van der Waals surface area contributed by atoms with Gasteiger partial charge in [-0.1, -0.05) is 6.07 Å². The van der Waals surface area contributed by atoms with Crippen LogP contribution in [0.4, 0.5) is 5.95 Å². The largest absolute Gasteiger partial charge is 0.493 e. The predicted molar refractivity (Wildman–Crippen MR) is 114 cm³/mol. The number of hydrogen-bond acceptors (Lipinski definition) is 7. The van der Waals surface area contributed by atoms with Gasteiger partial charge in [0.15, 0.2) is 11.5 Å². The van der Waals surface area contributed by atoms with E-state index >= 15 is 0 Å². The van der Waals surface area contributed by atoms with Crippen molar-refractivity contribution in [2.24, 2.45) is 0 Å². The van der Waals surface area contributed by atoms with Crippen molar-refractivity contribution in [1.82, 2.24) is 19.8 Å². The summed E-state index contributed by atoms with van der Waals surface area (Å²) in [6.45, 7) is 8.20. The molecule has 0 spiro atoms. The van der Waals surface area contributed by atoms with Gasteiger partial charge >= 0.3 is 0 Å². The van der Waals surface area contributed by atoms with Gasteiger partial charge in [-0.15, -0.1) is 0 Å². The van der Waals surface area contributed by atoms with Crippen molar-refractivity contribution < 1.29 is 9.47 Å². The Hall–Kier alpha value is -2.38. The van der Waals surface area contributed by atoms with Gasteiger partial charge in [-0.2, -0.15) is 0 Å². The Morgan fingerprint density at radius 2 is 1.52 bits per heavy atom. The molecule has 7 nitrogen and oxygen atoms in total. The maximum atomic E-state index is 5.43. The van der Waals surface area contributed by atoms with Crippen LogP contribution in [0.1, 0.15) is 24.1 Å². The molecule has 0 bridgehead atoms. The lowest BCUT2D eigenvalue weighted by Crippen LogP contribution is -2.45. The van der Waals surface area contributed by atoms with Crippen LogP contribution in [0, 0.1) is 0 Å². The highest BCUT2D eigenvalue weighted by molar-refractivity contribution is 5.42. The van der Waals surface area contributed by atoms with E-state index in [1.165, 1.54) is 18.4 Å². The van der Waals surface area contributed by atoms with E-state index in [0.29, 0.717) is 0 Å². The van der Waals surface area contributed by atoms with Crippen molar-refractivity contribution in [1.29, 1.82) is 0 Å². The van der Waals surface area contributed by atoms with Gasteiger partial charge in [-0.3, -0.25) is 9.80 Å². The third kappa shape index (κ3) is 4.97. The molecule has 0 saturated carbocycles. The number of rotatable bonds is 7. The molecule has 7 heteroatoms. The van der Waals surface area contributed by atoms with E-state index < -0.39 is 0 Å². The quantitative estimate of drug-likeness (QED) is 0.711. The molecular formula is C22H31N5O2. The number of hydrogen-bond donors (Lipinski definition) is 0. The summed E-state index contributed by atoms with van der Waals surface area (Å²) >= 11 is 0. The molecule has 1 aromatic heterocycles. The van der Waals surface area contributed by atoms with Gasteiger partial charge in [-0.05, 0) is 36.6 Å². The van der Waals surface area contributed by atoms with Crippen LogP contribution in [-0.4, -0.2) is 73.3 Å². The molecule has 0 amide bonds. The monoisotopic (exact) mass is 397 g/mol. The molecule has 2 aromatic rings. The van der Waals surface area contributed by atoms with E-state index in [1.807, 2.05) is 12.3 Å². The van der Waals surface area contributed by atoms with Gasteiger partial charge in [0.25, 0.3) is 0 Å². The zero-order chi connectivity index (χ0) is 20.1. The van der Waals surface area contributed by atoms with Crippen LogP contribution < -0.4 is 14.4 Å². The van der Waals surface area contributed by atoms with Gasteiger partial charge in [0, 0.05) is 58.6 Å². The third-order valence-corrected chi connectivity index (χ3v) is 5.79. The van der Waals surface area contributed by atoms with Crippen molar-refractivity contribution >= 4 is 5.95 Å². The maximum Gasteiger partial charge on any atom is 0.225 e. The topological polar surface area (TPSA) is 54.0 Å². The molecular weight excluding hydrogens is 366 g/mol. The molecule has 4 rings (SSSR count). The van der Waals surface area contributed by atoms with Crippen LogP contribution in [0.25, 0.3) is 0 Å². The highest BCUT2D eigenvalue weighted by Crippen LogP contribution is 2.28. The summed E-state index contributed by atoms with van der Waals surface area (Å²) in [4.78, 5) is 16.6. The van der Waals surface area contributed by atoms with E-state index in [-0.39, 0.29) is 0 Å². The fourth-order valence-electron chi connectivity index (χ4n) is 4.11. The molecule has 2 saturated heterocycles. The lowest BCUT2D eigenvalue weighted by Gasteiger charge is -2.34. The number of anilines is 1. The Morgan fingerprint density at radius 3 is 2.21 bits per heavy atom. The summed E-state index contributed by atoms with van der Waals surface area (Å²) < 4.78 is 10.8. The van der Waals surface area contributed by atoms with E-state index in [1.54, 1.807) is 14.2 Å². The van der Waals surface area contributed by atoms with E-state index in [2.05, 4.69) is 37.9 Å². The molecule has 2 fully saturated rings. The molecule has 3 heterocycles. The number of ether oxygens (including phenoxy) is 2. The Bertz CT molecular complexity index is 802. The molecule has 29 heavy (non-hydrogen) atoms. The first kappa shape index (κ1) is 19.9. The van der Waals surface area contributed by atoms with Crippen LogP contribution in [-0.2, 0) is 13.1 Å². The predicted octanol–water partition coefficient (Wildman–Crippen LogP) is 2.41. The van der Waals surface area contributed by atoms with E-state index in [9.17, 15) is 0 Å². The molecule has 0 atom stereocenters. The van der Waals surface area contributed by atoms with Crippen LogP contribution in [0.3, 0.4) is 0 Å². The highest BCUT2D eigenvalue weighted by Gasteiger charge is 2.19. The van der Waals surface area contributed by atoms with Gasteiger partial charge in [0.1, 0.15) is 0 Å². The summed E-state index contributed by atoms with van der Waals surface area (Å²) in [7, 11) is 3.35. The van der Waals surface area contributed by atoms with Crippen LogP contribution in [0.2, 0.25) is 0 Å². The lowest BCUT2D eigenvalue weighted by atomic mass is 10.1. The standard InChI is InChI=1S/C22H31N5O2/c1-28-20-6-5-18(15-21(20)29-2)16-25-11-13-26(14-12-25)17-19-7-8-23-22(24-19)27-9-3-4-10-27/h5-8,15H,3-4,9-14,16-17H2,1-2H3. The van der Waals surface area contributed by atoms with Crippen molar-refractivity contribution in [3.63, 3.8) is 0 Å². The minimum Gasteiger partial charge on any atom is -0.493 e. The number of aromatic nitrogens is 2. The normalized spacial score (nSPS) is 18.2. The lowest BCUT2D eigenvalue weighted by molar-refractivity contribution is 0.121. The zero-order valence-electron chi connectivity index (χ0n) is 17.5. The van der Waals surface area contributed by atoms with Crippen molar-refractivity contribution in [2.75, 3.05) is 58.4 Å². The Labute approximate surface area is 173 Å². The summed E-state index contributed by atoms with van der Waals surface area (Å²) in [5.74, 6) is 2.47. The smallest absolute Gasteiger partial charge is 0.225 e. The first-order chi connectivity index (χ1) is 14.2. The van der Waals surface area contributed by atoms with Gasteiger partial charge in [0.05, 0.1) is 19.9 Å². The Morgan fingerprint density at radius 1 is 0.828 bits per heavy atom.